The van der Waals surface area contributed by atoms with Crippen molar-refractivity contribution in [3.8, 4) is 0 Å². The predicted molar refractivity (Wildman–Crippen MR) is 49.9 cm³/mol. The number of furan rings is 1. The third-order valence-corrected chi connectivity index (χ3v) is 2.33. The summed E-state index contributed by atoms with van der Waals surface area (Å²) in [6.45, 7) is -5.08. The molecule has 1 aromatic heterocycles. The molecule has 1 aromatic carbocycles. The van der Waals surface area contributed by atoms with Gasteiger partial charge < -0.3 is 17.4 Å². The first kappa shape index (κ1) is 13.6. The van der Waals surface area contributed by atoms with Crippen LogP contribution in [0.4, 0.5) is 12.9 Å². The third kappa shape index (κ3) is 2.62. The molecule has 74 valence electrons. The molecule has 0 radical (unpaired) electrons. The Kier molecular flexibility index (Phi) is 4.36. The molecule has 2 rings (SSSR count). The fraction of sp³-hybridized carbons (Fsp3) is 0. The minimum atomic E-state index is -5.08. The second-order valence-corrected chi connectivity index (χ2v) is 3.26. The van der Waals surface area contributed by atoms with E-state index < -0.39 is 12.4 Å². The van der Waals surface area contributed by atoms with E-state index in [1.807, 2.05) is 0 Å². The van der Waals surface area contributed by atoms with Crippen LogP contribution in [0, 0.1) is 0 Å². The van der Waals surface area contributed by atoms with Crippen LogP contribution >= 0.6 is 11.6 Å². The summed E-state index contributed by atoms with van der Waals surface area (Å²) < 4.78 is 42.1. The molecule has 2 aromatic rings. The Labute approximate surface area is 131 Å². The molecule has 0 saturated carbocycles. The normalized spacial score (nSPS) is 11.5. The van der Waals surface area contributed by atoms with E-state index in [4.69, 9.17) is 16.0 Å². The second kappa shape index (κ2) is 4.81. The van der Waals surface area contributed by atoms with Gasteiger partial charge in [0.15, 0.2) is 0 Å². The van der Waals surface area contributed by atoms with Gasteiger partial charge >= 0.3 is 58.4 Å². The standard InChI is InChI=1S/C8H4BClF3O.K/c10-7-6(9(11,12)13)2-1-5-3-4-14-8(5)7;/h1-4H;/q-1;+1. The maximum atomic E-state index is 12.4. The third-order valence-electron chi connectivity index (χ3n) is 1.94. The van der Waals surface area contributed by atoms with Gasteiger partial charge in [-0.25, -0.2) is 0 Å². The summed E-state index contributed by atoms with van der Waals surface area (Å²) in [7, 11) is 0. The van der Waals surface area contributed by atoms with E-state index >= 15 is 0 Å². The first-order valence-corrected chi connectivity index (χ1v) is 4.23. The van der Waals surface area contributed by atoms with Crippen LogP contribution in [-0.4, -0.2) is 6.98 Å². The molecule has 1 heterocycles. The molecule has 0 unspecified atom stereocenters. The molecular formula is C8H4BClF3KO. The van der Waals surface area contributed by atoms with Gasteiger partial charge in [-0.05, 0) is 6.07 Å². The summed E-state index contributed by atoms with van der Waals surface area (Å²) in [5, 5.41) is 0.207. The predicted octanol–water partition coefficient (Wildman–Crippen LogP) is 0.145. The molecule has 0 amide bonds. The summed E-state index contributed by atoms with van der Waals surface area (Å²) in [4.78, 5) is 0. The van der Waals surface area contributed by atoms with Crippen LogP contribution in [0.3, 0.4) is 0 Å². The van der Waals surface area contributed by atoms with Gasteiger partial charge in [-0.1, -0.05) is 29.2 Å². The number of hydrogen-bond donors (Lipinski definition) is 0. The SMILES string of the molecule is F[B-](F)(F)c1ccc2ccoc2c1Cl.[K+]. The van der Waals surface area contributed by atoms with Gasteiger partial charge in [-0.3, -0.25) is 0 Å². The smallest absolute Gasteiger partial charge is 0.463 e. The number of fused-ring (bicyclic) bond motifs is 1. The zero-order chi connectivity index (χ0) is 10.3. The molecule has 7 heteroatoms. The van der Waals surface area contributed by atoms with Crippen LogP contribution < -0.4 is 56.8 Å². The van der Waals surface area contributed by atoms with Gasteiger partial charge in [0.1, 0.15) is 5.58 Å². The number of rotatable bonds is 1. The molecule has 1 nitrogen and oxygen atoms in total. The molecule has 15 heavy (non-hydrogen) atoms. The maximum absolute atomic E-state index is 12.4. The largest absolute Gasteiger partial charge is 1.00 e. The zero-order valence-electron chi connectivity index (χ0n) is 7.81. The van der Waals surface area contributed by atoms with E-state index in [0.29, 0.717) is 5.39 Å². The molecule has 0 aliphatic heterocycles. The van der Waals surface area contributed by atoms with Gasteiger partial charge in [0.25, 0.3) is 0 Å². The van der Waals surface area contributed by atoms with Crippen molar-refractivity contribution in [3.05, 3.63) is 29.5 Å². The van der Waals surface area contributed by atoms with Gasteiger partial charge in [-0.15, -0.1) is 0 Å². The number of hydrogen-bond acceptors (Lipinski definition) is 1. The van der Waals surface area contributed by atoms with Crippen molar-refractivity contribution in [1.82, 2.24) is 0 Å². The van der Waals surface area contributed by atoms with Crippen LogP contribution in [0.15, 0.2) is 28.9 Å². The first-order chi connectivity index (χ1) is 6.50. The fourth-order valence-corrected chi connectivity index (χ4v) is 1.61. The monoisotopic (exact) mass is 258 g/mol. The van der Waals surface area contributed by atoms with E-state index in [0.717, 1.165) is 6.07 Å². The molecule has 0 saturated heterocycles. The van der Waals surface area contributed by atoms with E-state index in [2.05, 4.69) is 0 Å². The maximum Gasteiger partial charge on any atom is 1.00 e. The van der Waals surface area contributed by atoms with Crippen molar-refractivity contribution >= 4 is 35.0 Å². The molecule has 0 aliphatic carbocycles. The summed E-state index contributed by atoms with van der Waals surface area (Å²) in [5.41, 5.74) is -0.725. The van der Waals surface area contributed by atoms with Crippen molar-refractivity contribution < 1.29 is 68.7 Å². The zero-order valence-corrected chi connectivity index (χ0v) is 11.7. The Balaban J connectivity index is 0.00000112. The minimum Gasteiger partial charge on any atom is -0.463 e. The summed E-state index contributed by atoms with van der Waals surface area (Å²) >= 11 is 5.57. The Morgan fingerprint density at radius 2 is 1.80 bits per heavy atom. The van der Waals surface area contributed by atoms with Gasteiger partial charge in [0.05, 0.1) is 11.3 Å². The van der Waals surface area contributed by atoms with Crippen LogP contribution in [0.25, 0.3) is 11.0 Å². The summed E-state index contributed by atoms with van der Waals surface area (Å²) in [5.74, 6) is 0. The fourth-order valence-electron chi connectivity index (χ4n) is 1.27. The van der Waals surface area contributed by atoms with E-state index in [9.17, 15) is 12.9 Å². The summed E-state index contributed by atoms with van der Waals surface area (Å²) in [6.07, 6.45) is 1.31. The minimum absolute atomic E-state index is 0. The average molecular weight is 258 g/mol. The van der Waals surface area contributed by atoms with Crippen molar-refractivity contribution in [1.29, 1.82) is 0 Å². The Hall–Kier alpha value is 0.541. The first-order valence-electron chi connectivity index (χ1n) is 3.85. The van der Waals surface area contributed by atoms with Crippen LogP contribution in [0.5, 0.6) is 0 Å². The second-order valence-electron chi connectivity index (χ2n) is 2.88. The van der Waals surface area contributed by atoms with Crippen LogP contribution in [-0.2, 0) is 0 Å². The number of benzene rings is 1. The molecule has 0 atom stereocenters. The Morgan fingerprint density at radius 1 is 1.13 bits per heavy atom. The summed E-state index contributed by atoms with van der Waals surface area (Å²) in [6, 6.07) is 3.88. The average Bonchev–Trinajstić information content (AvgIpc) is 2.50. The molecule has 0 spiro atoms. The van der Waals surface area contributed by atoms with Crippen molar-refractivity contribution in [3.63, 3.8) is 0 Å². The van der Waals surface area contributed by atoms with E-state index in [1.54, 1.807) is 6.07 Å². The molecular weight excluding hydrogens is 254 g/mol. The van der Waals surface area contributed by atoms with Crippen LogP contribution in [0.2, 0.25) is 5.02 Å². The molecule has 0 bridgehead atoms. The van der Waals surface area contributed by atoms with Crippen molar-refractivity contribution in [2.75, 3.05) is 0 Å². The Bertz CT molecular complexity index is 482. The van der Waals surface area contributed by atoms with Crippen LogP contribution in [0.1, 0.15) is 0 Å². The van der Waals surface area contributed by atoms with Gasteiger partial charge in [-0.2, -0.15) is 0 Å². The van der Waals surface area contributed by atoms with Gasteiger partial charge in [0.2, 0.25) is 0 Å². The topological polar surface area (TPSA) is 13.1 Å². The molecule has 0 fully saturated rings. The van der Waals surface area contributed by atoms with Gasteiger partial charge in [0, 0.05) is 5.39 Å². The molecule has 0 N–H and O–H groups in total. The van der Waals surface area contributed by atoms with Crippen molar-refractivity contribution in [2.24, 2.45) is 0 Å². The van der Waals surface area contributed by atoms with E-state index in [-0.39, 0.29) is 62.0 Å². The number of halogens is 4. The Morgan fingerprint density at radius 3 is 2.40 bits per heavy atom. The van der Waals surface area contributed by atoms with Crippen molar-refractivity contribution in [2.45, 2.75) is 0 Å². The van der Waals surface area contributed by atoms with E-state index in [1.165, 1.54) is 12.3 Å². The molecule has 0 aliphatic rings. The quantitative estimate of drug-likeness (QED) is 0.664.